The molecule has 1 amide bonds. The van der Waals surface area contributed by atoms with Gasteiger partial charge in [0.15, 0.2) is 0 Å². The second kappa shape index (κ2) is 11.5. The smallest absolute Gasteiger partial charge is 0.222 e. The molecule has 1 unspecified atom stereocenters. The Kier molecular flexibility index (Phi) is 10.5. The van der Waals surface area contributed by atoms with E-state index in [1.165, 1.54) is 0 Å². The monoisotopic (exact) mass is 264 g/mol. The van der Waals surface area contributed by atoms with Gasteiger partial charge in [-0.15, -0.1) is 0 Å². The van der Waals surface area contributed by atoms with Gasteiger partial charge in [0.05, 0.1) is 25.0 Å². The number of hydrogen-bond acceptors (Lipinski definition) is 4. The van der Waals surface area contributed by atoms with Crippen LogP contribution in [-0.4, -0.2) is 30.4 Å². The minimum Gasteiger partial charge on any atom is -0.341 e. The molecule has 19 heavy (non-hydrogen) atoms. The van der Waals surface area contributed by atoms with Crippen LogP contribution >= 0.6 is 0 Å². The fourth-order valence-corrected chi connectivity index (χ4v) is 2.01. The van der Waals surface area contributed by atoms with Crippen molar-refractivity contribution in [2.45, 2.75) is 45.4 Å². The van der Waals surface area contributed by atoms with Gasteiger partial charge in [0.2, 0.25) is 5.91 Å². The molecule has 0 heterocycles. The Morgan fingerprint density at radius 1 is 1.21 bits per heavy atom. The van der Waals surface area contributed by atoms with Gasteiger partial charge in [0.25, 0.3) is 0 Å². The van der Waals surface area contributed by atoms with Crippen molar-refractivity contribution in [2.75, 3.05) is 19.6 Å². The summed E-state index contributed by atoms with van der Waals surface area (Å²) in [5, 5.41) is 17.2. The number of carbonyl (C=O) groups is 1. The second-order valence-corrected chi connectivity index (χ2v) is 4.59. The lowest BCUT2D eigenvalue weighted by molar-refractivity contribution is -0.131. The summed E-state index contributed by atoms with van der Waals surface area (Å²) in [6.07, 6.45) is 3.92. The molecule has 1 atom stereocenters. The zero-order chi connectivity index (χ0) is 14.5. The largest absolute Gasteiger partial charge is 0.341 e. The SMILES string of the molecule is CCC(CCN)CCC(=O)N(CCC#N)CCC#N. The van der Waals surface area contributed by atoms with Crippen molar-refractivity contribution in [3.8, 4) is 12.1 Å². The first-order chi connectivity index (χ1) is 9.19. The molecule has 0 radical (unpaired) electrons. The standard InChI is InChI=1S/C14H24N4O/c1-2-13(7-10-17)5-6-14(19)18(11-3-8-15)12-4-9-16/h13H,2-7,10-12,17H2,1H3. The molecule has 0 aliphatic heterocycles. The van der Waals surface area contributed by atoms with Crippen LogP contribution in [0.4, 0.5) is 0 Å². The molecule has 0 aliphatic carbocycles. The third-order valence-corrected chi connectivity index (χ3v) is 3.26. The van der Waals surface area contributed by atoms with Crippen LogP contribution in [0.25, 0.3) is 0 Å². The van der Waals surface area contributed by atoms with Gasteiger partial charge in [0.1, 0.15) is 0 Å². The molecule has 0 spiro atoms. The lowest BCUT2D eigenvalue weighted by atomic mass is 9.96. The molecule has 106 valence electrons. The molecule has 0 bridgehead atoms. The van der Waals surface area contributed by atoms with Gasteiger partial charge in [-0.2, -0.15) is 10.5 Å². The summed E-state index contributed by atoms with van der Waals surface area (Å²) in [6.45, 7) is 3.60. The number of nitrogens with zero attached hydrogens (tertiary/aromatic N) is 3. The minimum absolute atomic E-state index is 0.0426. The predicted octanol–water partition coefficient (Wildman–Crippen LogP) is 1.80. The Hall–Kier alpha value is -1.59. The average Bonchev–Trinajstić information content (AvgIpc) is 2.43. The summed E-state index contributed by atoms with van der Waals surface area (Å²) in [7, 11) is 0. The van der Waals surface area contributed by atoms with Gasteiger partial charge in [-0.3, -0.25) is 4.79 Å². The number of nitriles is 2. The van der Waals surface area contributed by atoms with E-state index >= 15 is 0 Å². The molecule has 0 aromatic carbocycles. The summed E-state index contributed by atoms with van der Waals surface area (Å²) in [6, 6.07) is 4.06. The number of amides is 1. The number of rotatable bonds is 10. The van der Waals surface area contributed by atoms with Crippen LogP contribution in [0.15, 0.2) is 0 Å². The Balaban J connectivity index is 4.22. The van der Waals surface area contributed by atoms with Crippen LogP contribution in [0.2, 0.25) is 0 Å². The van der Waals surface area contributed by atoms with E-state index in [1.807, 2.05) is 12.1 Å². The summed E-state index contributed by atoms with van der Waals surface area (Å²) in [4.78, 5) is 13.7. The quantitative estimate of drug-likeness (QED) is 0.651. The number of carbonyl (C=O) groups excluding carboxylic acids is 1. The lowest BCUT2D eigenvalue weighted by Crippen LogP contribution is -2.33. The van der Waals surface area contributed by atoms with Crippen LogP contribution in [0, 0.1) is 28.6 Å². The van der Waals surface area contributed by atoms with E-state index in [0.717, 1.165) is 19.3 Å². The van der Waals surface area contributed by atoms with E-state index in [2.05, 4.69) is 6.92 Å². The Labute approximate surface area is 116 Å². The van der Waals surface area contributed by atoms with Crippen molar-refractivity contribution in [3.05, 3.63) is 0 Å². The van der Waals surface area contributed by atoms with Crippen LogP contribution in [0.5, 0.6) is 0 Å². The average molecular weight is 264 g/mol. The maximum Gasteiger partial charge on any atom is 0.222 e. The minimum atomic E-state index is 0.0426. The molecule has 0 fully saturated rings. The van der Waals surface area contributed by atoms with E-state index in [0.29, 0.717) is 44.8 Å². The van der Waals surface area contributed by atoms with Crippen molar-refractivity contribution in [1.29, 1.82) is 10.5 Å². The Bertz CT molecular complexity index is 311. The maximum atomic E-state index is 12.1. The van der Waals surface area contributed by atoms with E-state index in [1.54, 1.807) is 4.90 Å². The van der Waals surface area contributed by atoms with Crippen LogP contribution in [-0.2, 0) is 4.79 Å². The van der Waals surface area contributed by atoms with Gasteiger partial charge in [-0.25, -0.2) is 0 Å². The third-order valence-electron chi connectivity index (χ3n) is 3.26. The molecule has 0 aliphatic rings. The normalized spacial score (nSPS) is 11.4. The number of nitrogens with two attached hydrogens (primary N) is 1. The first kappa shape index (κ1) is 17.4. The van der Waals surface area contributed by atoms with Crippen LogP contribution < -0.4 is 5.73 Å². The van der Waals surface area contributed by atoms with Crippen molar-refractivity contribution in [3.63, 3.8) is 0 Å². The van der Waals surface area contributed by atoms with E-state index in [-0.39, 0.29) is 5.91 Å². The predicted molar refractivity (Wildman–Crippen MR) is 73.7 cm³/mol. The molecule has 0 aromatic heterocycles. The van der Waals surface area contributed by atoms with Crippen LogP contribution in [0.1, 0.15) is 45.4 Å². The fourth-order valence-electron chi connectivity index (χ4n) is 2.01. The first-order valence-corrected chi connectivity index (χ1v) is 6.91. The number of hydrogen-bond donors (Lipinski definition) is 1. The van der Waals surface area contributed by atoms with E-state index in [4.69, 9.17) is 16.3 Å². The van der Waals surface area contributed by atoms with Gasteiger partial charge >= 0.3 is 0 Å². The maximum absolute atomic E-state index is 12.1. The summed E-state index contributed by atoms with van der Waals surface area (Å²) < 4.78 is 0. The summed E-state index contributed by atoms with van der Waals surface area (Å²) in [5.41, 5.74) is 5.54. The summed E-state index contributed by atoms with van der Waals surface area (Å²) in [5.74, 6) is 0.531. The molecule has 0 aromatic rings. The molecule has 5 heteroatoms. The van der Waals surface area contributed by atoms with Crippen molar-refractivity contribution in [2.24, 2.45) is 11.7 Å². The van der Waals surface area contributed by atoms with Crippen LogP contribution in [0.3, 0.4) is 0 Å². The Morgan fingerprint density at radius 3 is 2.21 bits per heavy atom. The van der Waals surface area contributed by atoms with Crippen molar-refractivity contribution >= 4 is 5.91 Å². The van der Waals surface area contributed by atoms with Crippen molar-refractivity contribution in [1.82, 2.24) is 4.90 Å². The van der Waals surface area contributed by atoms with Crippen molar-refractivity contribution < 1.29 is 4.79 Å². The zero-order valence-electron chi connectivity index (χ0n) is 11.8. The van der Waals surface area contributed by atoms with Gasteiger partial charge in [-0.1, -0.05) is 13.3 Å². The topological polar surface area (TPSA) is 93.9 Å². The lowest BCUT2D eigenvalue weighted by Gasteiger charge is -2.21. The van der Waals surface area contributed by atoms with Gasteiger partial charge < -0.3 is 10.6 Å². The molecule has 5 nitrogen and oxygen atoms in total. The fraction of sp³-hybridized carbons (Fsp3) is 0.786. The highest BCUT2D eigenvalue weighted by Gasteiger charge is 2.15. The highest BCUT2D eigenvalue weighted by atomic mass is 16.2. The molecule has 2 N–H and O–H groups in total. The third kappa shape index (κ3) is 8.18. The molecular formula is C14H24N4O. The summed E-state index contributed by atoms with van der Waals surface area (Å²) >= 11 is 0. The van der Waals surface area contributed by atoms with E-state index in [9.17, 15) is 4.79 Å². The second-order valence-electron chi connectivity index (χ2n) is 4.59. The highest BCUT2D eigenvalue weighted by molar-refractivity contribution is 5.76. The molecular weight excluding hydrogens is 240 g/mol. The zero-order valence-corrected chi connectivity index (χ0v) is 11.8. The Morgan fingerprint density at radius 2 is 1.79 bits per heavy atom. The molecule has 0 rings (SSSR count). The first-order valence-electron chi connectivity index (χ1n) is 6.91. The molecule has 0 saturated carbocycles. The van der Waals surface area contributed by atoms with E-state index < -0.39 is 0 Å². The van der Waals surface area contributed by atoms with Gasteiger partial charge in [0, 0.05) is 19.5 Å². The molecule has 0 saturated heterocycles. The highest BCUT2D eigenvalue weighted by Crippen LogP contribution is 2.15. The van der Waals surface area contributed by atoms with Gasteiger partial charge in [-0.05, 0) is 25.3 Å².